The molecule has 14 heteroatoms. The molecule has 0 saturated heterocycles. The summed E-state index contributed by atoms with van der Waals surface area (Å²) in [6.45, 7) is 4.11. The third-order valence-electron chi connectivity index (χ3n) is 5.13. The number of hydrazone groups is 1. The van der Waals surface area contributed by atoms with Gasteiger partial charge in [0, 0.05) is 11.6 Å². The molecule has 0 aliphatic carbocycles. The van der Waals surface area contributed by atoms with Crippen LogP contribution in [0.25, 0.3) is 0 Å². The highest BCUT2D eigenvalue weighted by Gasteiger charge is 2.33. The minimum atomic E-state index is -4.77. The number of carbonyl (C=O) groups is 1. The second kappa shape index (κ2) is 13.2. The van der Waals surface area contributed by atoms with Gasteiger partial charge in [-0.15, -0.1) is 0 Å². The average Bonchev–Trinajstić information content (AvgIpc) is 2.90. The lowest BCUT2D eigenvalue weighted by atomic mass is 10.1. The zero-order valence-corrected chi connectivity index (χ0v) is 23.0. The van der Waals surface area contributed by atoms with E-state index in [1.54, 1.807) is 19.1 Å². The Labute approximate surface area is 235 Å². The van der Waals surface area contributed by atoms with E-state index >= 15 is 0 Å². The standard InChI is InChI=1S/C26H23BrF3N3O7/c1-4-38-21-8-6-16(12-22(21)37-3)25(34)32-31-14-15-10-18(27)24(23(11-15)39-5-2)40-20-9-7-17(26(28,29)30)13-19(20)33(35)36/h6-14H,4-5H2,1-3H3,(H,32,34)/b31-14+. The van der Waals surface area contributed by atoms with Crippen molar-refractivity contribution < 1.29 is 41.8 Å². The Kier molecular flexibility index (Phi) is 9.93. The molecule has 0 radical (unpaired) electrons. The number of benzene rings is 3. The third-order valence-corrected chi connectivity index (χ3v) is 5.72. The molecule has 1 amide bonds. The van der Waals surface area contributed by atoms with Crippen molar-refractivity contribution in [3.05, 3.63) is 79.8 Å². The van der Waals surface area contributed by atoms with Crippen LogP contribution in [-0.4, -0.2) is 37.4 Å². The quantitative estimate of drug-likeness (QED) is 0.142. The van der Waals surface area contributed by atoms with Crippen molar-refractivity contribution in [1.82, 2.24) is 5.43 Å². The first-order valence-electron chi connectivity index (χ1n) is 11.6. The number of hydrogen-bond acceptors (Lipinski definition) is 8. The number of methoxy groups -OCH3 is 1. The topological polar surface area (TPSA) is 122 Å². The molecule has 10 nitrogen and oxygen atoms in total. The highest BCUT2D eigenvalue weighted by Crippen LogP contribution is 2.43. The van der Waals surface area contributed by atoms with E-state index in [2.05, 4.69) is 26.5 Å². The fourth-order valence-corrected chi connectivity index (χ4v) is 3.91. The molecule has 0 bridgehead atoms. The normalized spacial score (nSPS) is 11.3. The first-order chi connectivity index (χ1) is 19.0. The number of nitrogens with zero attached hydrogens (tertiary/aromatic N) is 2. The number of nitro benzene ring substituents is 1. The van der Waals surface area contributed by atoms with Crippen LogP contribution < -0.4 is 24.4 Å². The molecule has 0 unspecified atom stereocenters. The SMILES string of the molecule is CCOc1ccc(C(=O)N/N=C/c2cc(Br)c(Oc3ccc(C(F)(F)F)cc3[N+](=O)[O-])c(OCC)c2)cc1OC. The van der Waals surface area contributed by atoms with Crippen LogP contribution in [0.1, 0.15) is 35.3 Å². The predicted octanol–water partition coefficient (Wildman–Crippen LogP) is 6.74. The molecule has 3 aromatic rings. The molecule has 1 N–H and O–H groups in total. The minimum absolute atomic E-state index is 0.00706. The maximum atomic E-state index is 13.0. The fourth-order valence-electron chi connectivity index (χ4n) is 3.37. The van der Waals surface area contributed by atoms with Gasteiger partial charge in [0.05, 0.1) is 41.5 Å². The summed E-state index contributed by atoms with van der Waals surface area (Å²) in [7, 11) is 1.45. The highest BCUT2D eigenvalue weighted by atomic mass is 79.9. The maximum Gasteiger partial charge on any atom is 0.416 e. The van der Waals surface area contributed by atoms with Crippen LogP contribution in [0, 0.1) is 10.1 Å². The first-order valence-corrected chi connectivity index (χ1v) is 12.4. The number of nitro groups is 1. The molecule has 0 aromatic heterocycles. The van der Waals surface area contributed by atoms with Gasteiger partial charge in [0.25, 0.3) is 5.91 Å². The van der Waals surface area contributed by atoms with Crippen LogP contribution in [0.5, 0.6) is 28.7 Å². The lowest BCUT2D eigenvalue weighted by Crippen LogP contribution is -2.17. The van der Waals surface area contributed by atoms with Crippen LogP contribution in [0.2, 0.25) is 0 Å². The summed E-state index contributed by atoms with van der Waals surface area (Å²) < 4.78 is 61.3. The molecule has 0 saturated carbocycles. The zero-order valence-electron chi connectivity index (χ0n) is 21.4. The lowest BCUT2D eigenvalue weighted by Gasteiger charge is -2.15. The summed E-state index contributed by atoms with van der Waals surface area (Å²) in [5.41, 5.74) is 1.05. The van der Waals surface area contributed by atoms with E-state index in [1.165, 1.54) is 31.5 Å². The lowest BCUT2D eigenvalue weighted by molar-refractivity contribution is -0.385. The summed E-state index contributed by atoms with van der Waals surface area (Å²) in [5, 5.41) is 15.4. The van der Waals surface area contributed by atoms with Crippen LogP contribution in [0.4, 0.5) is 18.9 Å². The summed E-state index contributed by atoms with van der Waals surface area (Å²) in [6.07, 6.45) is -3.45. The van der Waals surface area contributed by atoms with E-state index in [-0.39, 0.29) is 28.1 Å². The number of nitrogens with one attached hydrogen (secondary N) is 1. The van der Waals surface area contributed by atoms with Crippen LogP contribution in [0.15, 0.2) is 58.1 Å². The zero-order chi connectivity index (χ0) is 29.4. The minimum Gasteiger partial charge on any atom is -0.493 e. The number of carbonyl (C=O) groups excluding carboxylic acids is 1. The number of ether oxygens (including phenoxy) is 4. The Balaban J connectivity index is 1.84. The Hall–Kier alpha value is -4.33. The monoisotopic (exact) mass is 625 g/mol. The number of alkyl halides is 3. The van der Waals surface area contributed by atoms with E-state index < -0.39 is 34.0 Å². The second-order valence-electron chi connectivity index (χ2n) is 7.80. The third kappa shape index (κ3) is 7.40. The largest absolute Gasteiger partial charge is 0.493 e. The summed E-state index contributed by atoms with van der Waals surface area (Å²) in [5.74, 6) is 0.0489. The maximum absolute atomic E-state index is 13.0. The molecule has 0 heterocycles. The molecule has 0 atom stereocenters. The molecule has 40 heavy (non-hydrogen) atoms. The van der Waals surface area contributed by atoms with Gasteiger partial charge in [0.15, 0.2) is 23.0 Å². The van der Waals surface area contributed by atoms with Gasteiger partial charge in [-0.1, -0.05) is 0 Å². The van der Waals surface area contributed by atoms with E-state index in [0.29, 0.717) is 35.8 Å². The second-order valence-corrected chi connectivity index (χ2v) is 8.65. The number of amides is 1. The summed E-state index contributed by atoms with van der Waals surface area (Å²) >= 11 is 3.30. The summed E-state index contributed by atoms with van der Waals surface area (Å²) in [4.78, 5) is 23.0. The number of halogens is 4. The molecule has 212 valence electrons. The van der Waals surface area contributed by atoms with E-state index in [0.717, 1.165) is 6.07 Å². The van der Waals surface area contributed by atoms with Crippen LogP contribution in [-0.2, 0) is 6.18 Å². The van der Waals surface area contributed by atoms with Crippen molar-refractivity contribution in [2.24, 2.45) is 5.10 Å². The van der Waals surface area contributed by atoms with Crippen LogP contribution >= 0.6 is 15.9 Å². The molecular weight excluding hydrogens is 603 g/mol. The molecule has 0 aliphatic rings. The van der Waals surface area contributed by atoms with E-state index in [9.17, 15) is 28.1 Å². The molecular formula is C26H23BrF3N3O7. The Morgan fingerprint density at radius 1 is 1.02 bits per heavy atom. The van der Waals surface area contributed by atoms with Gasteiger partial charge in [0.1, 0.15) is 0 Å². The smallest absolute Gasteiger partial charge is 0.416 e. The fraction of sp³-hybridized carbons (Fsp3) is 0.231. The first kappa shape index (κ1) is 30.2. The van der Waals surface area contributed by atoms with Gasteiger partial charge in [-0.3, -0.25) is 14.9 Å². The summed E-state index contributed by atoms with van der Waals surface area (Å²) in [6, 6.07) is 9.60. The predicted molar refractivity (Wildman–Crippen MR) is 143 cm³/mol. The molecule has 0 fully saturated rings. The number of hydrogen-bond donors (Lipinski definition) is 1. The van der Waals surface area contributed by atoms with Crippen molar-refractivity contribution in [2.75, 3.05) is 20.3 Å². The average molecular weight is 626 g/mol. The van der Waals surface area contributed by atoms with Crippen molar-refractivity contribution in [1.29, 1.82) is 0 Å². The van der Waals surface area contributed by atoms with Crippen molar-refractivity contribution in [3.8, 4) is 28.7 Å². The highest BCUT2D eigenvalue weighted by molar-refractivity contribution is 9.10. The van der Waals surface area contributed by atoms with E-state index in [4.69, 9.17) is 18.9 Å². The van der Waals surface area contributed by atoms with Gasteiger partial charge in [-0.2, -0.15) is 18.3 Å². The van der Waals surface area contributed by atoms with Crippen molar-refractivity contribution >= 4 is 33.7 Å². The van der Waals surface area contributed by atoms with Crippen molar-refractivity contribution in [3.63, 3.8) is 0 Å². The number of rotatable bonds is 11. The van der Waals surface area contributed by atoms with Gasteiger partial charge in [0.2, 0.25) is 5.75 Å². The molecule has 0 spiro atoms. The van der Waals surface area contributed by atoms with Gasteiger partial charge < -0.3 is 18.9 Å². The Morgan fingerprint density at radius 3 is 2.33 bits per heavy atom. The van der Waals surface area contributed by atoms with Gasteiger partial charge in [-0.05, 0) is 77.8 Å². The van der Waals surface area contributed by atoms with E-state index in [1.807, 2.05) is 6.92 Å². The van der Waals surface area contributed by atoms with Crippen LogP contribution in [0.3, 0.4) is 0 Å². The molecule has 3 aromatic carbocycles. The molecule has 3 rings (SSSR count). The Morgan fingerprint density at radius 2 is 1.70 bits per heavy atom. The Bertz CT molecular complexity index is 1430. The van der Waals surface area contributed by atoms with Crippen molar-refractivity contribution in [2.45, 2.75) is 20.0 Å². The molecule has 0 aliphatic heterocycles. The van der Waals surface area contributed by atoms with Gasteiger partial charge >= 0.3 is 11.9 Å². The van der Waals surface area contributed by atoms with Gasteiger partial charge in [-0.25, -0.2) is 5.43 Å².